The van der Waals surface area contributed by atoms with Crippen LogP contribution in [0.2, 0.25) is 0 Å². The summed E-state index contributed by atoms with van der Waals surface area (Å²) >= 11 is 6.77. The first-order valence-electron chi connectivity index (χ1n) is 10.4. The number of hydrogen-bond acceptors (Lipinski definition) is 4. The maximum atomic E-state index is 13.4. The molecule has 33 heavy (non-hydrogen) atoms. The molecule has 2 aromatic carbocycles. The molecule has 1 atom stereocenters. The van der Waals surface area contributed by atoms with Gasteiger partial charge < -0.3 is 10.2 Å². The van der Waals surface area contributed by atoms with E-state index < -0.39 is 28.5 Å². The van der Waals surface area contributed by atoms with Crippen LogP contribution in [-0.2, 0) is 26.2 Å². The smallest absolute Gasteiger partial charge is 0.244 e. The third kappa shape index (κ3) is 8.42. The lowest BCUT2D eigenvalue weighted by atomic mass is 10.1. The van der Waals surface area contributed by atoms with Gasteiger partial charge >= 0.3 is 0 Å². The summed E-state index contributed by atoms with van der Waals surface area (Å²) in [6.07, 6.45) is 1.05. The van der Waals surface area contributed by atoms with Crippen molar-refractivity contribution in [1.29, 1.82) is 0 Å². The summed E-state index contributed by atoms with van der Waals surface area (Å²) in [6.45, 7) is 5.83. The van der Waals surface area contributed by atoms with Crippen molar-refractivity contribution in [2.75, 3.05) is 23.7 Å². The second-order valence-corrected chi connectivity index (χ2v) is 12.0. The van der Waals surface area contributed by atoms with Gasteiger partial charge in [0.15, 0.2) is 0 Å². The van der Waals surface area contributed by atoms with E-state index in [1.165, 1.54) is 4.90 Å². The van der Waals surface area contributed by atoms with Gasteiger partial charge in [-0.05, 0) is 48.7 Å². The van der Waals surface area contributed by atoms with Gasteiger partial charge in [0.05, 0.1) is 11.9 Å². The lowest BCUT2D eigenvalue weighted by molar-refractivity contribution is -0.139. The first-order valence-corrected chi connectivity index (χ1v) is 13.9. The molecule has 0 aromatic heterocycles. The van der Waals surface area contributed by atoms with E-state index in [1.54, 1.807) is 31.2 Å². The summed E-state index contributed by atoms with van der Waals surface area (Å²) < 4.78 is 27.7. The molecule has 0 bridgehead atoms. The molecule has 0 saturated carbocycles. The van der Waals surface area contributed by atoms with E-state index in [0.717, 1.165) is 20.6 Å². The summed E-state index contributed by atoms with van der Waals surface area (Å²) in [6, 6.07) is 13.4. The molecule has 0 fully saturated rings. The fraction of sp³-hybridized carbons (Fsp3) is 0.391. The fourth-order valence-electron chi connectivity index (χ4n) is 3.11. The first-order chi connectivity index (χ1) is 15.4. The number of carbonyl (C=O) groups is 2. The largest absolute Gasteiger partial charge is 0.354 e. The maximum absolute atomic E-state index is 13.4. The lowest BCUT2D eigenvalue weighted by Crippen LogP contribution is -2.51. The predicted molar refractivity (Wildman–Crippen MR) is 138 cm³/mol. The number of halogens is 2. The van der Waals surface area contributed by atoms with Crippen LogP contribution in [0, 0.1) is 5.92 Å². The van der Waals surface area contributed by atoms with Crippen LogP contribution in [0.1, 0.15) is 26.3 Å². The molecule has 2 rings (SSSR count). The van der Waals surface area contributed by atoms with Gasteiger partial charge in [0.1, 0.15) is 12.6 Å². The van der Waals surface area contributed by atoms with Crippen LogP contribution in [0.15, 0.2) is 57.5 Å². The molecule has 2 aromatic rings. The maximum Gasteiger partial charge on any atom is 0.244 e. The van der Waals surface area contributed by atoms with E-state index >= 15 is 0 Å². The second kappa shape index (κ2) is 12.0. The molecule has 2 amide bonds. The Labute approximate surface area is 212 Å². The van der Waals surface area contributed by atoms with Crippen molar-refractivity contribution in [2.45, 2.75) is 33.4 Å². The Hall–Kier alpha value is -1.91. The molecule has 0 unspecified atom stereocenters. The van der Waals surface area contributed by atoms with Crippen LogP contribution < -0.4 is 9.62 Å². The van der Waals surface area contributed by atoms with Crippen LogP contribution in [0.4, 0.5) is 5.69 Å². The van der Waals surface area contributed by atoms with Gasteiger partial charge in [0.2, 0.25) is 21.8 Å². The van der Waals surface area contributed by atoms with Crippen molar-refractivity contribution in [3.8, 4) is 0 Å². The molecule has 1 N–H and O–H groups in total. The van der Waals surface area contributed by atoms with Crippen molar-refractivity contribution in [2.24, 2.45) is 5.92 Å². The normalized spacial score (nSPS) is 12.3. The number of sulfonamides is 1. The SMILES string of the molecule is CC(C)CNC(=O)[C@H](C)N(Cc1cccc(Br)c1)C(=O)CN(c1cccc(Br)c1)S(C)(=O)=O. The van der Waals surface area contributed by atoms with Crippen LogP contribution >= 0.6 is 31.9 Å². The van der Waals surface area contributed by atoms with Gasteiger partial charge in [0.25, 0.3) is 0 Å². The standard InChI is InChI=1S/C23H29Br2N3O4S/c1-16(2)13-26-23(30)17(3)27(14-18-7-5-8-19(24)11-18)22(29)15-28(33(4,31)32)21-10-6-9-20(25)12-21/h5-12,16-17H,13-15H2,1-4H3,(H,26,30)/t17-/m0/s1. The summed E-state index contributed by atoms with van der Waals surface area (Å²) in [4.78, 5) is 27.7. The third-order valence-corrected chi connectivity index (χ3v) is 7.00. The van der Waals surface area contributed by atoms with Crippen LogP contribution in [0.25, 0.3) is 0 Å². The molecular weight excluding hydrogens is 574 g/mol. The Kier molecular flexibility index (Phi) is 9.93. The number of carbonyl (C=O) groups excluding carboxylic acids is 2. The molecule has 0 radical (unpaired) electrons. The number of benzene rings is 2. The highest BCUT2D eigenvalue weighted by atomic mass is 79.9. The Morgan fingerprint density at radius 1 is 1.00 bits per heavy atom. The number of nitrogens with one attached hydrogen (secondary N) is 1. The molecule has 0 spiro atoms. The van der Waals surface area contributed by atoms with Crippen LogP contribution in [0.5, 0.6) is 0 Å². The van der Waals surface area contributed by atoms with E-state index in [1.807, 2.05) is 38.1 Å². The Balaban J connectivity index is 2.36. The van der Waals surface area contributed by atoms with Crippen molar-refractivity contribution in [1.82, 2.24) is 10.2 Å². The zero-order chi connectivity index (χ0) is 24.8. The minimum absolute atomic E-state index is 0.157. The van der Waals surface area contributed by atoms with Crippen LogP contribution in [0.3, 0.4) is 0 Å². The van der Waals surface area contributed by atoms with Crippen molar-refractivity contribution < 1.29 is 18.0 Å². The van der Waals surface area contributed by atoms with E-state index in [9.17, 15) is 18.0 Å². The number of rotatable bonds is 10. The summed E-state index contributed by atoms with van der Waals surface area (Å²) in [7, 11) is -3.75. The van der Waals surface area contributed by atoms with E-state index in [2.05, 4.69) is 37.2 Å². The van der Waals surface area contributed by atoms with Gasteiger partial charge in [-0.25, -0.2) is 8.42 Å². The Morgan fingerprint density at radius 2 is 1.61 bits per heavy atom. The summed E-state index contributed by atoms with van der Waals surface area (Å²) in [5, 5.41) is 2.86. The summed E-state index contributed by atoms with van der Waals surface area (Å²) in [5.74, 6) is -0.513. The average Bonchev–Trinajstić information content (AvgIpc) is 2.72. The van der Waals surface area contributed by atoms with Gasteiger partial charge in [-0.1, -0.05) is 63.9 Å². The third-order valence-electron chi connectivity index (χ3n) is 4.87. The highest BCUT2D eigenvalue weighted by molar-refractivity contribution is 9.10. The second-order valence-electron chi connectivity index (χ2n) is 8.22. The quantitative estimate of drug-likeness (QED) is 0.442. The first kappa shape index (κ1) is 27.3. The van der Waals surface area contributed by atoms with Crippen molar-refractivity contribution in [3.63, 3.8) is 0 Å². The summed E-state index contributed by atoms with van der Waals surface area (Å²) in [5.41, 5.74) is 1.18. The van der Waals surface area contributed by atoms with E-state index in [0.29, 0.717) is 16.7 Å². The van der Waals surface area contributed by atoms with Gasteiger partial charge in [-0.2, -0.15) is 0 Å². The highest BCUT2D eigenvalue weighted by Gasteiger charge is 2.30. The number of amides is 2. The molecule has 0 aliphatic rings. The molecule has 180 valence electrons. The van der Waals surface area contributed by atoms with Crippen molar-refractivity contribution >= 4 is 59.4 Å². The van der Waals surface area contributed by atoms with Crippen molar-refractivity contribution in [3.05, 3.63) is 63.0 Å². The Bertz CT molecular complexity index is 1090. The number of nitrogens with zero attached hydrogens (tertiary/aromatic N) is 2. The monoisotopic (exact) mass is 601 g/mol. The van der Waals surface area contributed by atoms with Gasteiger partial charge in [-0.3, -0.25) is 13.9 Å². The predicted octanol–water partition coefficient (Wildman–Crippen LogP) is 4.17. The molecule has 0 heterocycles. The minimum Gasteiger partial charge on any atom is -0.354 e. The topological polar surface area (TPSA) is 86.8 Å². The zero-order valence-electron chi connectivity index (χ0n) is 19.1. The average molecular weight is 603 g/mol. The lowest BCUT2D eigenvalue weighted by Gasteiger charge is -2.31. The van der Waals surface area contributed by atoms with E-state index in [4.69, 9.17) is 0 Å². The zero-order valence-corrected chi connectivity index (χ0v) is 23.1. The van der Waals surface area contributed by atoms with Crippen LogP contribution in [-0.4, -0.2) is 50.5 Å². The molecule has 7 nitrogen and oxygen atoms in total. The fourth-order valence-corrected chi connectivity index (χ4v) is 4.79. The number of hydrogen-bond donors (Lipinski definition) is 1. The van der Waals surface area contributed by atoms with Gasteiger partial charge in [-0.15, -0.1) is 0 Å². The number of anilines is 1. The highest BCUT2D eigenvalue weighted by Crippen LogP contribution is 2.23. The molecular formula is C23H29Br2N3O4S. The molecule has 0 aliphatic carbocycles. The molecule has 0 saturated heterocycles. The molecule has 10 heteroatoms. The van der Waals surface area contributed by atoms with Gasteiger partial charge in [0, 0.05) is 22.0 Å². The molecule has 0 aliphatic heterocycles. The Morgan fingerprint density at radius 3 is 2.15 bits per heavy atom. The van der Waals surface area contributed by atoms with E-state index in [-0.39, 0.29) is 18.4 Å². The minimum atomic E-state index is -3.75.